The molecule has 0 aliphatic carbocycles. The maximum absolute atomic E-state index is 9.14. The summed E-state index contributed by atoms with van der Waals surface area (Å²) in [5.74, 6) is 0. The third-order valence-corrected chi connectivity index (χ3v) is 2.29. The molecule has 0 saturated carbocycles. The Morgan fingerprint density at radius 2 is 2.33 bits per heavy atom. The molecule has 2 N–H and O–H groups in total. The van der Waals surface area contributed by atoms with Crippen molar-refractivity contribution in [2.45, 2.75) is 38.9 Å². The molecule has 1 rings (SSSR count). The zero-order valence-electron chi connectivity index (χ0n) is 9.15. The molecule has 0 fully saturated rings. The van der Waals surface area contributed by atoms with E-state index in [2.05, 4.69) is 24.3 Å². The molecule has 86 valence electrons. The van der Waals surface area contributed by atoms with Crippen LogP contribution in [-0.4, -0.2) is 33.6 Å². The highest BCUT2D eigenvalue weighted by molar-refractivity contribution is 6.30. The molecule has 0 saturated heterocycles. The number of nitrogens with one attached hydrogen (secondary N) is 1. The Morgan fingerprint density at radius 1 is 1.60 bits per heavy atom. The van der Waals surface area contributed by atoms with Crippen molar-refractivity contribution in [3.05, 3.63) is 17.4 Å². The summed E-state index contributed by atoms with van der Waals surface area (Å²) in [7, 11) is 0. The normalized spacial score (nSPS) is 13.4. The monoisotopic (exact) mass is 231 g/mol. The van der Waals surface area contributed by atoms with Crippen molar-refractivity contribution >= 4 is 11.6 Å². The Morgan fingerprint density at radius 3 is 2.80 bits per heavy atom. The van der Waals surface area contributed by atoms with Crippen molar-refractivity contribution < 1.29 is 5.11 Å². The van der Waals surface area contributed by atoms with E-state index in [4.69, 9.17) is 16.7 Å². The van der Waals surface area contributed by atoms with Crippen molar-refractivity contribution in [2.75, 3.05) is 6.61 Å². The first-order valence-electron chi connectivity index (χ1n) is 5.16. The first-order valence-corrected chi connectivity index (χ1v) is 5.54. The molecule has 1 aromatic rings. The smallest absolute Gasteiger partial charge is 0.0785 e. The van der Waals surface area contributed by atoms with Crippen molar-refractivity contribution in [1.29, 1.82) is 0 Å². The van der Waals surface area contributed by atoms with Crippen LogP contribution in [0, 0.1) is 0 Å². The quantitative estimate of drug-likeness (QED) is 0.776. The minimum Gasteiger partial charge on any atom is -0.395 e. The van der Waals surface area contributed by atoms with Gasteiger partial charge in [0.1, 0.15) is 0 Å². The van der Waals surface area contributed by atoms with Gasteiger partial charge in [-0.1, -0.05) is 25.4 Å². The van der Waals surface area contributed by atoms with Crippen molar-refractivity contribution in [2.24, 2.45) is 0 Å². The summed E-state index contributed by atoms with van der Waals surface area (Å²) in [6.45, 7) is 5.03. The van der Waals surface area contributed by atoms with Crippen molar-refractivity contribution in [3.63, 3.8) is 0 Å². The topological polar surface area (TPSA) is 50.1 Å². The summed E-state index contributed by atoms with van der Waals surface area (Å²) in [5.41, 5.74) is 0. The van der Waals surface area contributed by atoms with Crippen LogP contribution in [-0.2, 0) is 6.54 Å². The van der Waals surface area contributed by atoms with Gasteiger partial charge in [-0.2, -0.15) is 5.10 Å². The van der Waals surface area contributed by atoms with E-state index in [9.17, 15) is 0 Å². The summed E-state index contributed by atoms with van der Waals surface area (Å²) < 4.78 is 1.78. The third-order valence-electron chi connectivity index (χ3n) is 2.10. The minimum absolute atomic E-state index is 0.118. The fourth-order valence-corrected chi connectivity index (χ4v) is 1.60. The molecule has 0 aliphatic heterocycles. The zero-order valence-corrected chi connectivity index (χ0v) is 9.91. The van der Waals surface area contributed by atoms with Crippen molar-refractivity contribution in [1.82, 2.24) is 15.1 Å². The molecule has 0 radical (unpaired) electrons. The first-order chi connectivity index (χ1) is 7.11. The Bertz CT molecular complexity index is 288. The van der Waals surface area contributed by atoms with Crippen LogP contribution in [0.3, 0.4) is 0 Å². The van der Waals surface area contributed by atoms with E-state index >= 15 is 0 Å². The van der Waals surface area contributed by atoms with E-state index in [0.717, 1.165) is 13.0 Å². The van der Waals surface area contributed by atoms with Crippen LogP contribution >= 0.6 is 11.6 Å². The van der Waals surface area contributed by atoms with Crippen LogP contribution in [0.5, 0.6) is 0 Å². The fraction of sp³-hybridized carbons (Fsp3) is 0.700. The van der Waals surface area contributed by atoms with E-state index in [1.807, 2.05) is 0 Å². The van der Waals surface area contributed by atoms with Crippen LogP contribution in [0.1, 0.15) is 20.3 Å². The van der Waals surface area contributed by atoms with Gasteiger partial charge in [-0.25, -0.2) is 0 Å². The maximum atomic E-state index is 9.14. The summed E-state index contributed by atoms with van der Waals surface area (Å²) in [5, 5.41) is 17.1. The standard InChI is InChI=1S/C10H18ClN3O/c1-8(2)13-10(7-15)3-4-14-6-9(11)5-12-14/h5-6,8,10,13,15H,3-4,7H2,1-2H3. The molecule has 1 heterocycles. The molecule has 0 amide bonds. The molecule has 0 spiro atoms. The van der Waals surface area contributed by atoms with Gasteiger partial charge in [0.2, 0.25) is 0 Å². The Balaban J connectivity index is 2.34. The van der Waals surface area contributed by atoms with Crippen LogP contribution in [0.2, 0.25) is 5.02 Å². The zero-order chi connectivity index (χ0) is 11.3. The number of hydrogen-bond acceptors (Lipinski definition) is 3. The Kier molecular flexibility index (Phi) is 5.08. The molecule has 15 heavy (non-hydrogen) atoms. The highest BCUT2D eigenvalue weighted by Gasteiger charge is 2.08. The second-order valence-electron chi connectivity index (χ2n) is 3.91. The van der Waals surface area contributed by atoms with Gasteiger partial charge in [0.05, 0.1) is 17.8 Å². The number of hydrogen-bond donors (Lipinski definition) is 2. The van der Waals surface area contributed by atoms with E-state index < -0.39 is 0 Å². The molecular weight excluding hydrogens is 214 g/mol. The predicted octanol–water partition coefficient (Wildman–Crippen LogP) is 1.29. The average molecular weight is 232 g/mol. The third kappa shape index (κ3) is 4.64. The van der Waals surface area contributed by atoms with Crippen LogP contribution < -0.4 is 5.32 Å². The lowest BCUT2D eigenvalue weighted by Crippen LogP contribution is -2.38. The Hall–Kier alpha value is -0.580. The van der Waals surface area contributed by atoms with E-state index in [1.54, 1.807) is 17.1 Å². The molecule has 0 aromatic carbocycles. The molecular formula is C10H18ClN3O. The number of nitrogens with zero attached hydrogens (tertiary/aromatic N) is 2. The largest absolute Gasteiger partial charge is 0.395 e. The lowest BCUT2D eigenvalue weighted by molar-refractivity contribution is 0.222. The van der Waals surface area contributed by atoms with Crippen LogP contribution in [0.4, 0.5) is 0 Å². The minimum atomic E-state index is 0.118. The van der Waals surface area contributed by atoms with Gasteiger partial charge in [0, 0.05) is 24.8 Å². The SMILES string of the molecule is CC(C)NC(CO)CCn1cc(Cl)cn1. The summed E-state index contributed by atoms with van der Waals surface area (Å²) in [6, 6.07) is 0.497. The molecule has 5 heteroatoms. The lowest BCUT2D eigenvalue weighted by Gasteiger charge is -2.18. The summed E-state index contributed by atoms with van der Waals surface area (Å²) in [6.07, 6.45) is 4.24. The van der Waals surface area contributed by atoms with Gasteiger partial charge in [0.15, 0.2) is 0 Å². The maximum Gasteiger partial charge on any atom is 0.0785 e. The van der Waals surface area contributed by atoms with Gasteiger partial charge in [0.25, 0.3) is 0 Å². The highest BCUT2D eigenvalue weighted by Crippen LogP contribution is 2.06. The van der Waals surface area contributed by atoms with E-state index in [1.165, 1.54) is 0 Å². The molecule has 0 aliphatic rings. The summed E-state index contributed by atoms with van der Waals surface area (Å²) >= 11 is 5.75. The number of aryl methyl sites for hydroxylation is 1. The Labute approximate surface area is 95.2 Å². The number of aromatic nitrogens is 2. The van der Waals surface area contributed by atoms with Gasteiger partial charge >= 0.3 is 0 Å². The van der Waals surface area contributed by atoms with Crippen LogP contribution in [0.15, 0.2) is 12.4 Å². The fourth-order valence-electron chi connectivity index (χ4n) is 1.45. The van der Waals surface area contributed by atoms with E-state index in [0.29, 0.717) is 11.1 Å². The number of aliphatic hydroxyl groups is 1. The average Bonchev–Trinajstić information content (AvgIpc) is 2.58. The van der Waals surface area contributed by atoms with Crippen molar-refractivity contribution in [3.8, 4) is 0 Å². The summed E-state index contributed by atoms with van der Waals surface area (Å²) in [4.78, 5) is 0. The number of halogens is 1. The van der Waals surface area contributed by atoms with E-state index in [-0.39, 0.29) is 12.6 Å². The second kappa shape index (κ2) is 6.10. The first kappa shape index (κ1) is 12.5. The number of rotatable bonds is 6. The predicted molar refractivity (Wildman–Crippen MR) is 61.0 cm³/mol. The van der Waals surface area contributed by atoms with Gasteiger partial charge in [-0.3, -0.25) is 4.68 Å². The lowest BCUT2D eigenvalue weighted by atomic mass is 10.2. The molecule has 1 unspecified atom stereocenters. The highest BCUT2D eigenvalue weighted by atomic mass is 35.5. The van der Waals surface area contributed by atoms with Gasteiger partial charge < -0.3 is 10.4 Å². The number of aliphatic hydroxyl groups excluding tert-OH is 1. The molecule has 1 atom stereocenters. The molecule has 0 bridgehead atoms. The van der Waals surface area contributed by atoms with Gasteiger partial charge in [-0.05, 0) is 6.42 Å². The van der Waals surface area contributed by atoms with Crippen LogP contribution in [0.25, 0.3) is 0 Å². The van der Waals surface area contributed by atoms with Gasteiger partial charge in [-0.15, -0.1) is 0 Å². The second-order valence-corrected chi connectivity index (χ2v) is 4.35. The molecule has 1 aromatic heterocycles. The molecule has 4 nitrogen and oxygen atoms in total.